The predicted octanol–water partition coefficient (Wildman–Crippen LogP) is 1.95. The van der Waals surface area contributed by atoms with Crippen molar-refractivity contribution in [3.8, 4) is 6.07 Å². The number of nitriles is 1. The minimum absolute atomic E-state index is 0.00685. The third kappa shape index (κ3) is 2.37. The molecule has 2 fully saturated rings. The van der Waals surface area contributed by atoms with Crippen LogP contribution in [0.1, 0.15) is 39.0 Å². The van der Waals surface area contributed by atoms with Gasteiger partial charge in [-0.1, -0.05) is 6.92 Å². The van der Waals surface area contributed by atoms with Crippen molar-refractivity contribution >= 4 is 5.91 Å². The smallest absolute Gasteiger partial charge is 0.243 e. The van der Waals surface area contributed by atoms with Gasteiger partial charge in [0.25, 0.3) is 0 Å². The van der Waals surface area contributed by atoms with E-state index in [1.165, 1.54) is 6.42 Å². The molecule has 1 saturated carbocycles. The second-order valence-corrected chi connectivity index (χ2v) is 5.79. The number of ether oxygens (including phenoxy) is 1. The van der Waals surface area contributed by atoms with E-state index in [-0.39, 0.29) is 5.91 Å². The molecule has 100 valence electrons. The average Bonchev–Trinajstić information content (AvgIpc) is 2.84. The highest BCUT2D eigenvalue weighted by atomic mass is 16.5. The van der Waals surface area contributed by atoms with Crippen LogP contribution >= 0.6 is 0 Å². The molecule has 2 unspecified atom stereocenters. The van der Waals surface area contributed by atoms with Gasteiger partial charge in [-0.25, -0.2) is 0 Å². The Balaban J connectivity index is 2.07. The van der Waals surface area contributed by atoms with Gasteiger partial charge in [-0.15, -0.1) is 0 Å². The Bertz CT molecular complexity index is 355. The summed E-state index contributed by atoms with van der Waals surface area (Å²) in [5, 5.41) is 9.40. The van der Waals surface area contributed by atoms with E-state index >= 15 is 0 Å². The maximum Gasteiger partial charge on any atom is 0.243 e. The third-order valence-electron chi connectivity index (χ3n) is 4.50. The molecule has 4 heteroatoms. The van der Waals surface area contributed by atoms with Gasteiger partial charge in [-0.3, -0.25) is 4.79 Å². The zero-order chi connectivity index (χ0) is 13.2. The topological polar surface area (TPSA) is 53.3 Å². The minimum atomic E-state index is -0.834. The molecule has 18 heavy (non-hydrogen) atoms. The standard InChI is InChI=1S/C14H22N2O2/c1-11-3-4-12(9-11)16(2)13(17)14(10-15)5-7-18-8-6-14/h11-12H,3-9H2,1-2H3. The Kier molecular flexibility index (Phi) is 3.91. The summed E-state index contributed by atoms with van der Waals surface area (Å²) in [7, 11) is 1.86. The minimum Gasteiger partial charge on any atom is -0.381 e. The zero-order valence-electron chi connectivity index (χ0n) is 11.3. The molecule has 1 amide bonds. The van der Waals surface area contributed by atoms with Gasteiger partial charge in [0.05, 0.1) is 6.07 Å². The second-order valence-electron chi connectivity index (χ2n) is 5.79. The quantitative estimate of drug-likeness (QED) is 0.752. The van der Waals surface area contributed by atoms with Gasteiger partial charge in [0.2, 0.25) is 5.91 Å². The van der Waals surface area contributed by atoms with Crippen LogP contribution in [-0.2, 0) is 9.53 Å². The van der Waals surface area contributed by atoms with Crippen molar-refractivity contribution in [2.45, 2.75) is 45.1 Å². The summed E-state index contributed by atoms with van der Waals surface area (Å²) in [6.45, 7) is 3.27. The molecule has 1 heterocycles. The first kappa shape index (κ1) is 13.4. The summed E-state index contributed by atoms with van der Waals surface area (Å²) >= 11 is 0. The van der Waals surface area contributed by atoms with E-state index in [9.17, 15) is 10.1 Å². The number of carbonyl (C=O) groups excluding carboxylic acids is 1. The Morgan fingerprint density at radius 3 is 2.56 bits per heavy atom. The van der Waals surface area contributed by atoms with Crippen molar-refractivity contribution in [2.75, 3.05) is 20.3 Å². The fourth-order valence-electron chi connectivity index (χ4n) is 3.13. The molecule has 0 radical (unpaired) electrons. The first-order valence-corrected chi connectivity index (χ1v) is 6.85. The molecule has 0 spiro atoms. The summed E-state index contributed by atoms with van der Waals surface area (Å²) in [5.74, 6) is 0.699. The lowest BCUT2D eigenvalue weighted by molar-refractivity contribution is -0.144. The van der Waals surface area contributed by atoms with Crippen molar-refractivity contribution in [3.63, 3.8) is 0 Å². The average molecular weight is 250 g/mol. The molecule has 1 saturated heterocycles. The first-order valence-electron chi connectivity index (χ1n) is 6.85. The molecular weight excluding hydrogens is 228 g/mol. The maximum absolute atomic E-state index is 12.6. The Hall–Kier alpha value is -1.08. The molecular formula is C14H22N2O2. The van der Waals surface area contributed by atoms with E-state index in [4.69, 9.17) is 4.74 Å². The monoisotopic (exact) mass is 250 g/mol. The summed E-state index contributed by atoms with van der Waals surface area (Å²) in [5.41, 5.74) is -0.834. The zero-order valence-corrected chi connectivity index (χ0v) is 11.3. The molecule has 0 aromatic carbocycles. The molecule has 0 aromatic rings. The van der Waals surface area contributed by atoms with Crippen LogP contribution in [0.3, 0.4) is 0 Å². The fraction of sp³-hybridized carbons (Fsp3) is 0.857. The molecule has 4 nitrogen and oxygen atoms in total. The second kappa shape index (κ2) is 5.27. The van der Waals surface area contributed by atoms with Gasteiger partial charge in [-0.05, 0) is 38.0 Å². The van der Waals surface area contributed by atoms with Crippen molar-refractivity contribution in [2.24, 2.45) is 11.3 Å². The van der Waals surface area contributed by atoms with Crippen molar-refractivity contribution in [3.05, 3.63) is 0 Å². The van der Waals surface area contributed by atoms with Gasteiger partial charge in [0.1, 0.15) is 5.41 Å². The number of rotatable bonds is 2. The lowest BCUT2D eigenvalue weighted by atomic mass is 9.80. The fourth-order valence-corrected chi connectivity index (χ4v) is 3.13. The van der Waals surface area contributed by atoms with E-state index in [1.807, 2.05) is 11.9 Å². The highest BCUT2D eigenvalue weighted by molar-refractivity contribution is 5.85. The Morgan fingerprint density at radius 2 is 2.06 bits per heavy atom. The van der Waals surface area contributed by atoms with Crippen LogP contribution in [0.2, 0.25) is 0 Å². The van der Waals surface area contributed by atoms with E-state index in [2.05, 4.69) is 13.0 Å². The van der Waals surface area contributed by atoms with Crippen molar-refractivity contribution < 1.29 is 9.53 Å². The normalized spacial score (nSPS) is 30.7. The Morgan fingerprint density at radius 1 is 1.39 bits per heavy atom. The predicted molar refractivity (Wildman–Crippen MR) is 67.7 cm³/mol. The summed E-state index contributed by atoms with van der Waals surface area (Å²) in [4.78, 5) is 14.4. The SMILES string of the molecule is CC1CCC(N(C)C(=O)C2(C#N)CCOCC2)C1. The van der Waals surface area contributed by atoms with E-state index < -0.39 is 5.41 Å². The van der Waals surface area contributed by atoms with E-state index in [1.54, 1.807) is 0 Å². The Labute approximate surface area is 109 Å². The van der Waals surface area contributed by atoms with Crippen LogP contribution in [0.25, 0.3) is 0 Å². The first-order chi connectivity index (χ1) is 8.59. The summed E-state index contributed by atoms with van der Waals surface area (Å²) in [6, 6.07) is 2.58. The molecule has 0 bridgehead atoms. The van der Waals surface area contributed by atoms with Crippen LogP contribution in [0.15, 0.2) is 0 Å². The molecule has 2 atom stereocenters. The highest BCUT2D eigenvalue weighted by Gasteiger charge is 2.44. The molecule has 0 aromatic heterocycles. The number of amides is 1. The van der Waals surface area contributed by atoms with Crippen LogP contribution in [0.5, 0.6) is 0 Å². The lowest BCUT2D eigenvalue weighted by Gasteiger charge is -2.35. The molecule has 1 aliphatic carbocycles. The summed E-state index contributed by atoms with van der Waals surface area (Å²) < 4.78 is 5.28. The molecule has 2 rings (SSSR count). The molecule has 0 N–H and O–H groups in total. The molecule has 2 aliphatic rings. The van der Waals surface area contributed by atoms with Crippen LogP contribution in [0.4, 0.5) is 0 Å². The van der Waals surface area contributed by atoms with E-state index in [0.717, 1.165) is 12.8 Å². The largest absolute Gasteiger partial charge is 0.381 e. The summed E-state index contributed by atoms with van der Waals surface area (Å²) in [6.07, 6.45) is 4.40. The molecule has 1 aliphatic heterocycles. The number of nitrogens with zero attached hydrogens (tertiary/aromatic N) is 2. The maximum atomic E-state index is 12.6. The third-order valence-corrected chi connectivity index (χ3v) is 4.50. The van der Waals surface area contributed by atoms with Crippen LogP contribution < -0.4 is 0 Å². The number of hydrogen-bond donors (Lipinski definition) is 0. The van der Waals surface area contributed by atoms with Gasteiger partial charge < -0.3 is 9.64 Å². The van der Waals surface area contributed by atoms with Gasteiger partial charge >= 0.3 is 0 Å². The van der Waals surface area contributed by atoms with Crippen LogP contribution in [-0.4, -0.2) is 37.1 Å². The van der Waals surface area contributed by atoms with Crippen LogP contribution in [0, 0.1) is 22.7 Å². The number of hydrogen-bond acceptors (Lipinski definition) is 3. The van der Waals surface area contributed by atoms with Gasteiger partial charge in [0, 0.05) is 26.3 Å². The number of carbonyl (C=O) groups is 1. The van der Waals surface area contributed by atoms with E-state index in [0.29, 0.717) is 38.0 Å². The van der Waals surface area contributed by atoms with Gasteiger partial charge in [-0.2, -0.15) is 5.26 Å². The lowest BCUT2D eigenvalue weighted by Crippen LogP contribution is -2.47. The highest BCUT2D eigenvalue weighted by Crippen LogP contribution is 2.35. The van der Waals surface area contributed by atoms with Crippen molar-refractivity contribution in [1.82, 2.24) is 4.90 Å². The van der Waals surface area contributed by atoms with Gasteiger partial charge in [0.15, 0.2) is 0 Å². The van der Waals surface area contributed by atoms with Crippen molar-refractivity contribution in [1.29, 1.82) is 5.26 Å².